The highest BCUT2D eigenvalue weighted by atomic mass is 35.5. The van der Waals surface area contributed by atoms with Crippen LogP contribution < -0.4 is 5.73 Å². The standard InChI is InChI=1S/C4H7Cl2NO2/c5-3(6)1-2(7)4(8)9/h2-3H,1,7H2,(H,8,9)/t2-/m0/s1. The van der Waals surface area contributed by atoms with Gasteiger partial charge in [0.15, 0.2) is 0 Å². The van der Waals surface area contributed by atoms with Crippen molar-refractivity contribution in [1.82, 2.24) is 0 Å². The first-order valence-electron chi connectivity index (χ1n) is 2.30. The Morgan fingerprint density at radius 3 is 2.22 bits per heavy atom. The molecular weight excluding hydrogens is 165 g/mol. The first kappa shape index (κ1) is 9.01. The van der Waals surface area contributed by atoms with Gasteiger partial charge in [-0.3, -0.25) is 4.79 Å². The summed E-state index contributed by atoms with van der Waals surface area (Å²) in [4.78, 5) is 9.29. The van der Waals surface area contributed by atoms with E-state index in [1.165, 1.54) is 0 Å². The molecule has 0 aromatic rings. The molecule has 0 saturated carbocycles. The van der Waals surface area contributed by atoms with Crippen LogP contribution in [0.15, 0.2) is 0 Å². The molecule has 0 fully saturated rings. The van der Waals surface area contributed by atoms with Crippen molar-refractivity contribution in [2.45, 2.75) is 17.3 Å². The Balaban J connectivity index is 3.50. The maximum Gasteiger partial charge on any atom is 0.320 e. The van der Waals surface area contributed by atoms with E-state index in [0.717, 1.165) is 0 Å². The summed E-state index contributed by atoms with van der Waals surface area (Å²) in [5.74, 6) is -1.08. The smallest absolute Gasteiger partial charge is 0.320 e. The lowest BCUT2D eigenvalue weighted by molar-refractivity contribution is -0.138. The molecule has 0 spiro atoms. The summed E-state index contributed by atoms with van der Waals surface area (Å²) >= 11 is 10.5. The third-order valence-electron chi connectivity index (χ3n) is 0.749. The second-order valence-electron chi connectivity index (χ2n) is 1.57. The van der Waals surface area contributed by atoms with Crippen molar-refractivity contribution >= 4 is 29.2 Å². The number of carbonyl (C=O) groups is 1. The molecule has 0 aromatic carbocycles. The van der Waals surface area contributed by atoms with Gasteiger partial charge < -0.3 is 10.8 Å². The van der Waals surface area contributed by atoms with E-state index in [1.54, 1.807) is 0 Å². The van der Waals surface area contributed by atoms with Crippen molar-refractivity contribution in [2.75, 3.05) is 0 Å². The van der Waals surface area contributed by atoms with E-state index in [1.807, 2.05) is 0 Å². The Hall–Kier alpha value is 0.01000. The fourth-order valence-electron chi connectivity index (χ4n) is 0.293. The number of hydrogen-bond acceptors (Lipinski definition) is 2. The third-order valence-corrected chi connectivity index (χ3v) is 1.11. The van der Waals surface area contributed by atoms with Crippen molar-refractivity contribution in [3.8, 4) is 0 Å². The summed E-state index contributed by atoms with van der Waals surface area (Å²) in [6.07, 6.45) is 0.0818. The lowest BCUT2D eigenvalue weighted by atomic mass is 10.2. The van der Waals surface area contributed by atoms with E-state index >= 15 is 0 Å². The molecule has 0 unspecified atom stereocenters. The SMILES string of the molecule is N[C@@H](CC(Cl)Cl)C(=O)O. The van der Waals surface area contributed by atoms with Crippen LogP contribution in [-0.4, -0.2) is 22.0 Å². The fraction of sp³-hybridized carbons (Fsp3) is 0.750. The Bertz CT molecular complexity index is 107. The van der Waals surface area contributed by atoms with E-state index in [4.69, 9.17) is 34.0 Å². The molecule has 0 amide bonds. The zero-order valence-corrected chi connectivity index (χ0v) is 6.06. The minimum atomic E-state index is -1.08. The lowest BCUT2D eigenvalue weighted by Gasteiger charge is -2.04. The van der Waals surface area contributed by atoms with Crippen molar-refractivity contribution in [1.29, 1.82) is 0 Å². The van der Waals surface area contributed by atoms with Crippen LogP contribution in [0.3, 0.4) is 0 Å². The molecule has 1 atom stereocenters. The predicted octanol–water partition coefficient (Wildman–Crippen LogP) is 0.592. The number of alkyl halides is 2. The molecule has 3 N–H and O–H groups in total. The minimum Gasteiger partial charge on any atom is -0.480 e. The maximum atomic E-state index is 9.99. The van der Waals surface area contributed by atoms with Gasteiger partial charge >= 0.3 is 5.97 Å². The van der Waals surface area contributed by atoms with Crippen molar-refractivity contribution in [2.24, 2.45) is 5.73 Å². The predicted molar refractivity (Wildman–Crippen MR) is 35.7 cm³/mol. The highest BCUT2D eigenvalue weighted by Gasteiger charge is 2.14. The van der Waals surface area contributed by atoms with Crippen LogP contribution in [0, 0.1) is 0 Å². The summed E-state index contributed by atoms with van der Waals surface area (Å²) in [6, 6.07) is -0.954. The van der Waals surface area contributed by atoms with Crippen molar-refractivity contribution in [3.05, 3.63) is 0 Å². The molecule has 0 saturated heterocycles. The monoisotopic (exact) mass is 171 g/mol. The Kier molecular flexibility index (Phi) is 3.93. The molecule has 0 radical (unpaired) electrons. The normalized spacial score (nSPS) is 13.8. The minimum absolute atomic E-state index is 0.0818. The number of aliphatic carboxylic acids is 1. The Labute approximate surface area is 62.7 Å². The van der Waals surface area contributed by atoms with Gasteiger partial charge in [-0.2, -0.15) is 0 Å². The molecule has 5 heteroatoms. The van der Waals surface area contributed by atoms with Gasteiger partial charge in [-0.05, 0) is 0 Å². The zero-order chi connectivity index (χ0) is 7.44. The molecule has 0 aliphatic heterocycles. The summed E-state index contributed by atoms with van der Waals surface area (Å²) in [6.45, 7) is 0. The van der Waals surface area contributed by atoms with Gasteiger partial charge in [0.2, 0.25) is 0 Å². The van der Waals surface area contributed by atoms with Crippen LogP contribution in [0.2, 0.25) is 0 Å². The van der Waals surface area contributed by atoms with E-state index < -0.39 is 16.8 Å². The van der Waals surface area contributed by atoms with Crippen LogP contribution >= 0.6 is 23.2 Å². The molecule has 0 rings (SSSR count). The molecule has 0 bridgehead atoms. The molecular formula is C4H7Cl2NO2. The van der Waals surface area contributed by atoms with E-state index in [2.05, 4.69) is 0 Å². The number of halogens is 2. The van der Waals surface area contributed by atoms with Gasteiger partial charge in [0.25, 0.3) is 0 Å². The average Bonchev–Trinajstić information content (AvgIpc) is 1.63. The maximum absolute atomic E-state index is 9.99. The van der Waals surface area contributed by atoms with Crippen molar-refractivity contribution < 1.29 is 9.90 Å². The summed E-state index contributed by atoms with van der Waals surface area (Å²) < 4.78 is 0. The van der Waals surface area contributed by atoms with E-state index in [-0.39, 0.29) is 6.42 Å². The first-order chi connectivity index (χ1) is 4.04. The van der Waals surface area contributed by atoms with Crippen molar-refractivity contribution in [3.63, 3.8) is 0 Å². The van der Waals surface area contributed by atoms with Gasteiger partial charge in [0.1, 0.15) is 10.9 Å². The average molecular weight is 172 g/mol. The molecule has 0 aliphatic carbocycles. The van der Waals surface area contributed by atoms with Gasteiger partial charge in [0, 0.05) is 6.42 Å². The number of rotatable bonds is 3. The fourth-order valence-corrected chi connectivity index (χ4v) is 0.677. The lowest BCUT2D eigenvalue weighted by Crippen LogP contribution is -2.31. The summed E-state index contributed by atoms with van der Waals surface area (Å²) in [5.41, 5.74) is 5.05. The highest BCUT2D eigenvalue weighted by Crippen LogP contribution is 2.08. The zero-order valence-electron chi connectivity index (χ0n) is 4.55. The number of hydrogen-bond donors (Lipinski definition) is 2. The molecule has 0 aromatic heterocycles. The third kappa shape index (κ3) is 4.51. The van der Waals surface area contributed by atoms with Gasteiger partial charge in [-0.25, -0.2) is 0 Å². The van der Waals surface area contributed by atoms with Crippen LogP contribution in [0.25, 0.3) is 0 Å². The Morgan fingerprint density at radius 2 is 2.11 bits per heavy atom. The second kappa shape index (κ2) is 3.93. The van der Waals surface area contributed by atoms with Gasteiger partial charge in [-0.15, -0.1) is 23.2 Å². The number of carboxylic acid groups (broad SMARTS) is 1. The van der Waals surface area contributed by atoms with Crippen LogP contribution in [0.4, 0.5) is 0 Å². The van der Waals surface area contributed by atoms with E-state index in [9.17, 15) is 4.79 Å². The molecule has 54 valence electrons. The van der Waals surface area contributed by atoms with Crippen LogP contribution in [0.5, 0.6) is 0 Å². The van der Waals surface area contributed by atoms with E-state index in [0.29, 0.717) is 0 Å². The second-order valence-corrected chi connectivity index (χ2v) is 2.85. The first-order valence-corrected chi connectivity index (χ1v) is 3.18. The molecule has 3 nitrogen and oxygen atoms in total. The van der Waals surface area contributed by atoms with Crippen LogP contribution in [0.1, 0.15) is 6.42 Å². The summed E-state index contributed by atoms with van der Waals surface area (Å²) in [7, 11) is 0. The Morgan fingerprint density at radius 1 is 1.67 bits per heavy atom. The molecule has 9 heavy (non-hydrogen) atoms. The quantitative estimate of drug-likeness (QED) is 0.612. The van der Waals surface area contributed by atoms with Gasteiger partial charge in [0.05, 0.1) is 0 Å². The number of carboxylic acids is 1. The molecule has 0 aliphatic rings. The summed E-state index contributed by atoms with van der Waals surface area (Å²) in [5, 5.41) is 8.19. The largest absolute Gasteiger partial charge is 0.480 e. The van der Waals surface area contributed by atoms with Crippen LogP contribution in [-0.2, 0) is 4.79 Å². The number of nitrogens with two attached hydrogens (primary N) is 1. The van der Waals surface area contributed by atoms with Gasteiger partial charge in [-0.1, -0.05) is 0 Å². The highest BCUT2D eigenvalue weighted by molar-refractivity contribution is 6.44. The molecule has 0 heterocycles. The topological polar surface area (TPSA) is 63.3 Å².